The second-order valence-electron chi connectivity index (χ2n) is 7.92. The minimum absolute atomic E-state index is 0.0246. The Balaban J connectivity index is 2.18. The first kappa shape index (κ1) is 17.0. The van der Waals surface area contributed by atoms with E-state index < -0.39 is 5.60 Å². The number of rotatable bonds is 4. The van der Waals surface area contributed by atoms with E-state index >= 15 is 0 Å². The molecule has 2 fully saturated rings. The van der Waals surface area contributed by atoms with E-state index in [1.54, 1.807) is 0 Å². The zero-order chi connectivity index (χ0) is 15.8. The molecule has 0 heterocycles. The van der Waals surface area contributed by atoms with Gasteiger partial charge in [-0.15, -0.1) is 0 Å². The van der Waals surface area contributed by atoms with E-state index in [0.717, 1.165) is 50.5 Å². The topological polar surface area (TPSA) is 60.7 Å². The van der Waals surface area contributed by atoms with Crippen LogP contribution < -0.4 is 0 Å². The van der Waals surface area contributed by atoms with Crippen LogP contribution in [0.25, 0.3) is 0 Å². The molecule has 2 aliphatic rings. The zero-order valence-electron chi connectivity index (χ0n) is 13.8. The van der Waals surface area contributed by atoms with Crippen LogP contribution in [0.4, 0.5) is 0 Å². The molecule has 0 saturated heterocycles. The van der Waals surface area contributed by atoms with Crippen molar-refractivity contribution in [2.24, 2.45) is 17.3 Å². The second kappa shape index (κ2) is 6.02. The third kappa shape index (κ3) is 3.20. The van der Waals surface area contributed by atoms with Crippen molar-refractivity contribution in [3.63, 3.8) is 0 Å². The number of hydrogen-bond donors (Lipinski definition) is 3. The lowest BCUT2D eigenvalue weighted by atomic mass is 9.49. The SMILES string of the molecule is C=C1C(O)CCC2(C)C1CCC(C)(O)C2CCCC(C)O. The van der Waals surface area contributed by atoms with Crippen LogP contribution in [0.1, 0.15) is 65.7 Å². The van der Waals surface area contributed by atoms with Gasteiger partial charge in [-0.1, -0.05) is 19.9 Å². The van der Waals surface area contributed by atoms with Crippen molar-refractivity contribution in [2.45, 2.75) is 83.5 Å². The summed E-state index contributed by atoms with van der Waals surface area (Å²) in [6, 6.07) is 0. The van der Waals surface area contributed by atoms with Gasteiger partial charge in [-0.05, 0) is 75.2 Å². The van der Waals surface area contributed by atoms with E-state index in [1.165, 1.54) is 0 Å². The summed E-state index contributed by atoms with van der Waals surface area (Å²) in [5.74, 6) is 0.532. The lowest BCUT2D eigenvalue weighted by Gasteiger charge is -2.57. The van der Waals surface area contributed by atoms with E-state index in [1.807, 2.05) is 13.8 Å². The van der Waals surface area contributed by atoms with Crippen LogP contribution in [0.15, 0.2) is 12.2 Å². The number of fused-ring (bicyclic) bond motifs is 1. The van der Waals surface area contributed by atoms with Crippen LogP contribution in [0.5, 0.6) is 0 Å². The van der Waals surface area contributed by atoms with Gasteiger partial charge in [0.2, 0.25) is 0 Å². The summed E-state index contributed by atoms with van der Waals surface area (Å²) in [7, 11) is 0. The minimum Gasteiger partial charge on any atom is -0.393 e. The highest BCUT2D eigenvalue weighted by Crippen LogP contribution is 2.59. The highest BCUT2D eigenvalue weighted by Gasteiger charge is 2.55. The molecule has 3 heteroatoms. The molecular formula is C18H32O3. The van der Waals surface area contributed by atoms with Crippen molar-refractivity contribution in [1.29, 1.82) is 0 Å². The standard InChI is InChI=1S/C18H32O3/c1-12(19)6-5-7-16-17(3)10-9-15(20)13(2)14(17)8-11-18(16,4)21/h12,14-16,19-21H,2,5-11H2,1,3-4H3. The largest absolute Gasteiger partial charge is 0.393 e. The molecular weight excluding hydrogens is 264 g/mol. The van der Waals surface area contributed by atoms with E-state index in [9.17, 15) is 15.3 Å². The second-order valence-corrected chi connectivity index (χ2v) is 7.92. The lowest BCUT2D eigenvalue weighted by Crippen LogP contribution is -2.55. The molecule has 2 saturated carbocycles. The third-order valence-electron chi connectivity index (χ3n) is 6.23. The highest BCUT2D eigenvalue weighted by atomic mass is 16.3. The summed E-state index contributed by atoms with van der Waals surface area (Å²) in [4.78, 5) is 0. The maximum Gasteiger partial charge on any atom is 0.0750 e. The molecule has 3 N–H and O–H groups in total. The fraction of sp³-hybridized carbons (Fsp3) is 0.889. The summed E-state index contributed by atoms with van der Waals surface area (Å²) in [6.45, 7) is 10.2. The average molecular weight is 296 g/mol. The van der Waals surface area contributed by atoms with Crippen LogP contribution in [-0.4, -0.2) is 33.1 Å². The molecule has 0 aromatic rings. The Morgan fingerprint density at radius 3 is 2.57 bits per heavy atom. The van der Waals surface area contributed by atoms with Gasteiger partial charge in [0, 0.05) is 0 Å². The first-order valence-corrected chi connectivity index (χ1v) is 8.45. The van der Waals surface area contributed by atoms with Crippen molar-refractivity contribution >= 4 is 0 Å². The Hall–Kier alpha value is -0.380. The van der Waals surface area contributed by atoms with Crippen LogP contribution >= 0.6 is 0 Å². The van der Waals surface area contributed by atoms with Crippen molar-refractivity contribution in [2.75, 3.05) is 0 Å². The van der Waals surface area contributed by atoms with Crippen LogP contribution in [0.2, 0.25) is 0 Å². The molecule has 0 aliphatic heterocycles. The average Bonchev–Trinajstić information content (AvgIpc) is 2.37. The Labute approximate surface area is 129 Å². The molecule has 0 aromatic carbocycles. The molecule has 2 aliphatic carbocycles. The molecule has 122 valence electrons. The summed E-state index contributed by atoms with van der Waals surface area (Å²) in [6.07, 6.45) is 5.43. The molecule has 21 heavy (non-hydrogen) atoms. The highest BCUT2D eigenvalue weighted by molar-refractivity contribution is 5.20. The van der Waals surface area contributed by atoms with Gasteiger partial charge >= 0.3 is 0 Å². The smallest absolute Gasteiger partial charge is 0.0750 e. The quantitative estimate of drug-likeness (QED) is 0.699. The number of hydrogen-bond acceptors (Lipinski definition) is 3. The predicted molar refractivity (Wildman–Crippen MR) is 84.9 cm³/mol. The molecule has 6 atom stereocenters. The van der Waals surface area contributed by atoms with Crippen LogP contribution in [0.3, 0.4) is 0 Å². The monoisotopic (exact) mass is 296 g/mol. The first-order chi connectivity index (χ1) is 9.68. The Kier molecular flexibility index (Phi) is 4.87. The Morgan fingerprint density at radius 2 is 1.95 bits per heavy atom. The third-order valence-corrected chi connectivity index (χ3v) is 6.23. The Bertz CT molecular complexity index is 388. The molecule has 2 rings (SSSR count). The fourth-order valence-corrected chi connectivity index (χ4v) is 4.97. The van der Waals surface area contributed by atoms with Gasteiger partial charge in [0.05, 0.1) is 17.8 Å². The lowest BCUT2D eigenvalue weighted by molar-refractivity contribution is -0.136. The van der Waals surface area contributed by atoms with Gasteiger partial charge in [0.15, 0.2) is 0 Å². The van der Waals surface area contributed by atoms with Gasteiger partial charge in [-0.3, -0.25) is 0 Å². The molecule has 6 unspecified atom stereocenters. The van der Waals surface area contributed by atoms with Crippen LogP contribution in [0, 0.1) is 17.3 Å². The normalized spacial score (nSPS) is 45.2. The van der Waals surface area contributed by atoms with E-state index in [2.05, 4.69) is 13.5 Å². The van der Waals surface area contributed by atoms with Gasteiger partial charge in [0.25, 0.3) is 0 Å². The van der Waals surface area contributed by atoms with Gasteiger partial charge in [-0.2, -0.15) is 0 Å². The molecule has 0 amide bonds. The number of aliphatic hydroxyl groups is 3. The van der Waals surface area contributed by atoms with Crippen molar-refractivity contribution in [3.8, 4) is 0 Å². The zero-order valence-corrected chi connectivity index (χ0v) is 13.8. The molecule has 0 spiro atoms. The fourth-order valence-electron chi connectivity index (χ4n) is 4.97. The summed E-state index contributed by atoms with van der Waals surface area (Å²) in [5.41, 5.74) is 0.350. The number of aliphatic hydroxyl groups excluding tert-OH is 2. The Morgan fingerprint density at radius 1 is 1.29 bits per heavy atom. The van der Waals surface area contributed by atoms with Crippen molar-refractivity contribution in [3.05, 3.63) is 12.2 Å². The predicted octanol–water partition coefficient (Wildman–Crippen LogP) is 3.03. The maximum atomic E-state index is 10.9. The van der Waals surface area contributed by atoms with E-state index in [-0.39, 0.29) is 23.5 Å². The molecule has 0 bridgehead atoms. The summed E-state index contributed by atoms with van der Waals surface area (Å²) >= 11 is 0. The van der Waals surface area contributed by atoms with Gasteiger partial charge in [-0.25, -0.2) is 0 Å². The molecule has 0 radical (unpaired) electrons. The van der Waals surface area contributed by atoms with E-state index in [4.69, 9.17) is 0 Å². The molecule has 3 nitrogen and oxygen atoms in total. The molecule has 0 aromatic heterocycles. The minimum atomic E-state index is -0.646. The first-order valence-electron chi connectivity index (χ1n) is 8.45. The van der Waals surface area contributed by atoms with Crippen LogP contribution in [-0.2, 0) is 0 Å². The summed E-state index contributed by atoms with van der Waals surface area (Å²) in [5, 5.41) is 30.5. The van der Waals surface area contributed by atoms with E-state index in [0.29, 0.717) is 5.92 Å². The van der Waals surface area contributed by atoms with Gasteiger partial charge < -0.3 is 15.3 Å². The summed E-state index contributed by atoms with van der Waals surface area (Å²) < 4.78 is 0. The van der Waals surface area contributed by atoms with Crippen molar-refractivity contribution in [1.82, 2.24) is 0 Å². The maximum absolute atomic E-state index is 10.9. The van der Waals surface area contributed by atoms with Gasteiger partial charge in [0.1, 0.15) is 0 Å². The van der Waals surface area contributed by atoms with Crippen molar-refractivity contribution < 1.29 is 15.3 Å².